The van der Waals surface area contributed by atoms with Gasteiger partial charge in [-0.15, -0.1) is 13.2 Å². The second-order valence-corrected chi connectivity index (χ2v) is 8.49. The zero-order chi connectivity index (χ0) is 24.9. The zero-order valence-electron chi connectivity index (χ0n) is 18.1. The fourth-order valence-electron chi connectivity index (χ4n) is 4.62. The van der Waals surface area contributed by atoms with Crippen LogP contribution in [0.3, 0.4) is 0 Å². The highest BCUT2D eigenvalue weighted by molar-refractivity contribution is 6.06. The Bertz CT molecular complexity index is 1340. The number of hydrogen-bond acceptors (Lipinski definition) is 4. The van der Waals surface area contributed by atoms with E-state index in [1.165, 1.54) is 27.8 Å². The average molecular weight is 487 g/mol. The first-order valence-electron chi connectivity index (χ1n) is 10.8. The number of nitrogens with two attached hydrogens (primary N) is 1. The Hall–Kier alpha value is -4.22. The number of aromatic nitrogens is 1. The number of rotatable bonds is 4. The molecule has 3 aromatic rings. The molecule has 1 aliphatic heterocycles. The number of urea groups is 1. The molecule has 35 heavy (non-hydrogen) atoms. The number of piperidine rings is 1. The van der Waals surface area contributed by atoms with E-state index in [-0.39, 0.29) is 17.6 Å². The second kappa shape index (κ2) is 8.22. The molecule has 0 unspecified atom stereocenters. The highest BCUT2D eigenvalue weighted by atomic mass is 19.4. The summed E-state index contributed by atoms with van der Waals surface area (Å²) in [5.74, 6) is -0.815. The molecule has 182 valence electrons. The lowest BCUT2D eigenvalue weighted by atomic mass is 10.1. The number of primary amides is 1. The minimum atomic E-state index is -4.86. The van der Waals surface area contributed by atoms with E-state index < -0.39 is 36.1 Å². The molecule has 4 N–H and O–H groups in total. The summed E-state index contributed by atoms with van der Waals surface area (Å²) in [6.45, 7) is 0. The first kappa shape index (κ1) is 22.6. The van der Waals surface area contributed by atoms with Crippen LogP contribution in [0.15, 0.2) is 54.7 Å². The van der Waals surface area contributed by atoms with Crippen LogP contribution in [0.5, 0.6) is 5.75 Å². The summed E-state index contributed by atoms with van der Waals surface area (Å²) in [6.07, 6.45) is -2.24. The molecule has 3 atom stereocenters. The van der Waals surface area contributed by atoms with Gasteiger partial charge < -0.3 is 26.0 Å². The van der Waals surface area contributed by atoms with E-state index in [9.17, 15) is 27.6 Å². The number of carbonyl (C=O) groups excluding carboxylic acids is 3. The molecule has 0 spiro atoms. The standard InChI is InChI=1S/C23H20F3N5O4/c24-23(25,26)35-14-5-3-4-13(10-14)28-20(32)19-9-12-8-18(12)31(19)22(34)29-16-11-30(21(27)33)17-7-2-1-6-15(16)17/h1-7,10-12,18-19H,8-9H2,(H2,27,33)(H,28,32)(H,29,34)/t12-,18+,19+/m1/s1. The molecule has 2 aromatic carbocycles. The quantitative estimate of drug-likeness (QED) is 0.513. The van der Waals surface area contributed by atoms with Gasteiger partial charge in [-0.25, -0.2) is 9.59 Å². The van der Waals surface area contributed by atoms with Crippen molar-refractivity contribution in [3.63, 3.8) is 0 Å². The smallest absolute Gasteiger partial charge is 0.406 e. The molecule has 2 heterocycles. The van der Waals surface area contributed by atoms with E-state index in [4.69, 9.17) is 5.73 Å². The normalized spacial score (nSPS) is 20.9. The number of likely N-dealkylation sites (tertiary alicyclic amines) is 1. The maximum Gasteiger partial charge on any atom is 0.573 e. The highest BCUT2D eigenvalue weighted by Gasteiger charge is 2.56. The second-order valence-electron chi connectivity index (χ2n) is 8.49. The van der Waals surface area contributed by atoms with Gasteiger partial charge in [0.2, 0.25) is 5.91 Å². The van der Waals surface area contributed by atoms with Gasteiger partial charge in [-0.1, -0.05) is 24.3 Å². The van der Waals surface area contributed by atoms with Crippen molar-refractivity contribution in [3.8, 4) is 5.75 Å². The predicted molar refractivity (Wildman–Crippen MR) is 120 cm³/mol. The number of alkyl halides is 3. The third-order valence-electron chi connectivity index (χ3n) is 6.17. The minimum Gasteiger partial charge on any atom is -0.406 e. The highest BCUT2D eigenvalue weighted by Crippen LogP contribution is 2.48. The van der Waals surface area contributed by atoms with E-state index in [2.05, 4.69) is 15.4 Å². The largest absolute Gasteiger partial charge is 0.573 e. The molecule has 1 saturated carbocycles. The van der Waals surface area contributed by atoms with E-state index >= 15 is 0 Å². The van der Waals surface area contributed by atoms with Crippen molar-refractivity contribution in [2.24, 2.45) is 11.7 Å². The molecule has 2 aliphatic rings. The summed E-state index contributed by atoms with van der Waals surface area (Å²) in [5, 5.41) is 5.96. The lowest BCUT2D eigenvalue weighted by molar-refractivity contribution is -0.274. The van der Waals surface area contributed by atoms with Crippen molar-refractivity contribution in [2.75, 3.05) is 10.6 Å². The molecular weight excluding hydrogens is 467 g/mol. The Labute approximate surface area is 196 Å². The molecule has 5 rings (SSSR count). The summed E-state index contributed by atoms with van der Waals surface area (Å²) in [4.78, 5) is 39.4. The number of hydrogen-bond donors (Lipinski definition) is 3. The van der Waals surface area contributed by atoms with Gasteiger partial charge in [0.15, 0.2) is 0 Å². The third kappa shape index (κ3) is 4.46. The van der Waals surface area contributed by atoms with Gasteiger partial charge in [-0.05, 0) is 37.0 Å². The van der Waals surface area contributed by atoms with Crippen molar-refractivity contribution in [1.29, 1.82) is 0 Å². The van der Waals surface area contributed by atoms with Gasteiger partial charge in [0, 0.05) is 29.4 Å². The predicted octanol–water partition coefficient (Wildman–Crippen LogP) is 4.10. The van der Waals surface area contributed by atoms with Crippen LogP contribution in [0.1, 0.15) is 12.8 Å². The molecule has 0 radical (unpaired) electrons. The van der Waals surface area contributed by atoms with Crippen molar-refractivity contribution in [3.05, 3.63) is 54.7 Å². The number of ether oxygens (including phenoxy) is 1. The molecule has 1 aliphatic carbocycles. The minimum absolute atomic E-state index is 0.113. The SMILES string of the molecule is NC(=O)n1cc(NC(=O)N2[C@H](C(=O)Nc3cccc(OC(F)(F)F)c3)C[C@H]3C[C@@H]32)c2ccccc21. The fraction of sp³-hybridized carbons (Fsp3) is 0.261. The maximum absolute atomic E-state index is 13.2. The Kier molecular flexibility index (Phi) is 5.30. The number of nitrogens with zero attached hydrogens (tertiary/aromatic N) is 2. The molecule has 0 bridgehead atoms. The monoisotopic (exact) mass is 487 g/mol. The van der Waals surface area contributed by atoms with Gasteiger partial charge in [-0.3, -0.25) is 9.36 Å². The summed E-state index contributed by atoms with van der Waals surface area (Å²) in [5.41, 5.74) is 6.43. The van der Waals surface area contributed by atoms with Crippen molar-refractivity contribution >= 4 is 40.2 Å². The first-order chi connectivity index (χ1) is 16.6. The number of carbonyl (C=O) groups is 3. The lowest BCUT2D eigenvalue weighted by Crippen LogP contribution is -2.47. The van der Waals surface area contributed by atoms with Crippen molar-refractivity contribution < 1.29 is 32.3 Å². The van der Waals surface area contributed by atoms with Crippen LogP contribution in [-0.4, -0.2) is 45.9 Å². The number of anilines is 2. The van der Waals surface area contributed by atoms with Crippen molar-refractivity contribution in [1.82, 2.24) is 9.47 Å². The molecule has 1 saturated heterocycles. The molecule has 9 nitrogen and oxygen atoms in total. The van der Waals surface area contributed by atoms with Crippen molar-refractivity contribution in [2.45, 2.75) is 31.3 Å². The number of benzene rings is 2. The summed E-state index contributed by atoms with van der Waals surface area (Å²) < 4.78 is 42.6. The van der Waals surface area contributed by atoms with Gasteiger partial charge in [0.1, 0.15) is 11.8 Å². The molecular formula is C23H20F3N5O4. The zero-order valence-corrected chi connectivity index (χ0v) is 18.1. The third-order valence-corrected chi connectivity index (χ3v) is 6.17. The van der Waals surface area contributed by atoms with Gasteiger partial charge in [-0.2, -0.15) is 0 Å². The van der Waals surface area contributed by atoms with Crippen LogP contribution in [0, 0.1) is 5.92 Å². The van der Waals surface area contributed by atoms with Crippen LogP contribution >= 0.6 is 0 Å². The Morgan fingerprint density at radius 2 is 1.80 bits per heavy atom. The van der Waals surface area contributed by atoms with Gasteiger partial charge in [0.25, 0.3) is 0 Å². The lowest BCUT2D eigenvalue weighted by Gasteiger charge is -2.27. The summed E-state index contributed by atoms with van der Waals surface area (Å²) in [6, 6.07) is 9.69. The van der Waals surface area contributed by atoms with Crippen LogP contribution in [-0.2, 0) is 4.79 Å². The van der Waals surface area contributed by atoms with E-state index in [0.29, 0.717) is 23.0 Å². The molecule has 4 amide bonds. The summed E-state index contributed by atoms with van der Waals surface area (Å²) >= 11 is 0. The molecule has 2 fully saturated rings. The number of fused-ring (bicyclic) bond motifs is 2. The van der Waals surface area contributed by atoms with Crippen LogP contribution in [0.2, 0.25) is 0 Å². The first-order valence-corrected chi connectivity index (χ1v) is 10.8. The summed E-state index contributed by atoms with van der Waals surface area (Å²) in [7, 11) is 0. The average Bonchev–Trinajstić information content (AvgIpc) is 3.28. The van der Waals surface area contributed by atoms with Crippen LogP contribution < -0.4 is 21.1 Å². The number of nitrogens with one attached hydrogen (secondary N) is 2. The van der Waals surface area contributed by atoms with Gasteiger partial charge in [0.05, 0.1) is 11.2 Å². The van der Waals surface area contributed by atoms with E-state index in [0.717, 1.165) is 18.6 Å². The molecule has 12 heteroatoms. The van der Waals surface area contributed by atoms with Crippen LogP contribution in [0.25, 0.3) is 10.9 Å². The number of para-hydroxylation sites is 1. The fourth-order valence-corrected chi connectivity index (χ4v) is 4.62. The van der Waals surface area contributed by atoms with E-state index in [1.807, 2.05) is 0 Å². The Morgan fingerprint density at radius 3 is 2.54 bits per heavy atom. The Balaban J connectivity index is 1.33. The maximum atomic E-state index is 13.2. The van der Waals surface area contributed by atoms with E-state index in [1.54, 1.807) is 24.3 Å². The Morgan fingerprint density at radius 1 is 1.03 bits per heavy atom. The number of halogens is 3. The van der Waals surface area contributed by atoms with Gasteiger partial charge >= 0.3 is 18.4 Å². The number of amides is 4. The topological polar surface area (TPSA) is 119 Å². The molecule has 1 aromatic heterocycles. The van der Waals surface area contributed by atoms with Crippen LogP contribution in [0.4, 0.5) is 34.1 Å².